The highest BCUT2D eigenvalue weighted by atomic mass is 79.9. The zero-order valence-corrected chi connectivity index (χ0v) is 15.0. The topological polar surface area (TPSA) is 20.3 Å². The first kappa shape index (κ1) is 14.3. The van der Waals surface area contributed by atoms with Gasteiger partial charge in [0.2, 0.25) is 0 Å². The predicted octanol–water partition coefficient (Wildman–Crippen LogP) is 6.23. The van der Waals surface area contributed by atoms with Crippen LogP contribution in [0, 0.1) is 0 Å². The summed E-state index contributed by atoms with van der Waals surface area (Å²) >= 11 is 10.6. The molecule has 0 N–H and O–H groups in total. The Balaban J connectivity index is 2.33. The van der Waals surface area contributed by atoms with Gasteiger partial charge in [0.15, 0.2) is 0 Å². The first-order valence-electron chi connectivity index (χ1n) is 6.07. The number of hydrogen-bond acceptors (Lipinski definition) is 1. The van der Waals surface area contributed by atoms with E-state index in [0.29, 0.717) is 0 Å². The molecule has 102 valence electrons. The fourth-order valence-electron chi connectivity index (χ4n) is 2.48. The van der Waals surface area contributed by atoms with E-state index in [0.717, 1.165) is 22.5 Å². The van der Waals surface area contributed by atoms with Crippen LogP contribution in [0.1, 0.15) is 20.8 Å². The molecule has 2 atom stereocenters. The van der Waals surface area contributed by atoms with Gasteiger partial charge in [-0.25, -0.2) is 0 Å². The molecule has 0 radical (unpaired) electrons. The van der Waals surface area contributed by atoms with E-state index in [2.05, 4.69) is 47.8 Å². The monoisotopic (exact) mass is 457 g/mol. The summed E-state index contributed by atoms with van der Waals surface area (Å²) in [4.78, 5) is 13.8. The van der Waals surface area contributed by atoms with Gasteiger partial charge in [0.1, 0.15) is 0 Å². The molecule has 2 nitrogen and oxygen atoms in total. The van der Waals surface area contributed by atoms with Crippen molar-refractivity contribution in [3.63, 3.8) is 0 Å². The maximum atomic E-state index is 12.1. The number of carbonyl (C=O) groups excluding carboxylic acids is 1. The fraction of sp³-hybridized carbons (Fsp3) is 0.133. The van der Waals surface area contributed by atoms with Gasteiger partial charge in [-0.3, -0.25) is 9.69 Å². The van der Waals surface area contributed by atoms with Crippen molar-refractivity contribution < 1.29 is 4.79 Å². The number of carbonyl (C=O) groups is 1. The van der Waals surface area contributed by atoms with Gasteiger partial charge in [-0.2, -0.15) is 0 Å². The van der Waals surface area contributed by atoms with Crippen LogP contribution >= 0.6 is 47.8 Å². The minimum atomic E-state index is -0.168. The molecule has 2 aromatic carbocycles. The molecule has 0 saturated carbocycles. The molecule has 20 heavy (non-hydrogen) atoms. The summed E-state index contributed by atoms with van der Waals surface area (Å²) in [6, 6.07) is 15.9. The Morgan fingerprint density at radius 3 is 1.65 bits per heavy atom. The molecule has 5 heteroatoms. The average Bonchev–Trinajstić information content (AvgIpc) is 2.55. The maximum Gasteiger partial charge on any atom is 0.298 e. The highest BCUT2D eigenvalue weighted by Gasteiger charge is 2.33. The highest BCUT2D eigenvalue weighted by Crippen LogP contribution is 2.52. The number of halogens is 3. The number of rotatable bonds is 0. The number of benzene rings is 2. The lowest BCUT2D eigenvalue weighted by Crippen LogP contribution is -2.20. The number of hydrogen-bond donors (Lipinski definition) is 0. The lowest BCUT2D eigenvalue weighted by molar-refractivity contribution is 0.268. The van der Waals surface area contributed by atoms with E-state index in [1.54, 1.807) is 4.90 Å². The normalized spacial score (nSPS) is 20.9. The molecular formula is C15H10Br3NO. The second-order valence-electron chi connectivity index (χ2n) is 4.51. The smallest absolute Gasteiger partial charge is 0.271 e. The van der Waals surface area contributed by atoms with Gasteiger partial charge in [0.05, 0.1) is 21.0 Å². The molecule has 2 aromatic rings. The number of fused-ring (bicyclic) bond motifs is 2. The molecule has 2 unspecified atom stereocenters. The summed E-state index contributed by atoms with van der Waals surface area (Å²) in [6.45, 7) is 0. The highest BCUT2D eigenvalue weighted by molar-refractivity contribution is 9.18. The number of alkyl halides is 2. The van der Waals surface area contributed by atoms with Crippen LogP contribution in [0.2, 0.25) is 0 Å². The zero-order valence-electron chi connectivity index (χ0n) is 10.3. The van der Waals surface area contributed by atoms with E-state index in [4.69, 9.17) is 0 Å². The van der Waals surface area contributed by atoms with E-state index < -0.39 is 0 Å². The van der Waals surface area contributed by atoms with Crippen molar-refractivity contribution >= 4 is 64.0 Å². The van der Waals surface area contributed by atoms with Crippen molar-refractivity contribution in [1.29, 1.82) is 0 Å². The van der Waals surface area contributed by atoms with Crippen molar-refractivity contribution in [2.24, 2.45) is 0 Å². The Kier molecular flexibility index (Phi) is 4.02. The summed E-state index contributed by atoms with van der Waals surface area (Å²) in [6.07, 6.45) is 0. The molecular weight excluding hydrogens is 450 g/mol. The third-order valence-corrected chi connectivity index (χ3v) is 6.49. The minimum absolute atomic E-state index is 0.0942. The minimum Gasteiger partial charge on any atom is -0.271 e. The summed E-state index contributed by atoms with van der Waals surface area (Å²) in [5, 5.41) is 0. The maximum absolute atomic E-state index is 12.1. The molecule has 1 heterocycles. The molecule has 1 aliphatic rings. The van der Waals surface area contributed by atoms with Gasteiger partial charge in [0, 0.05) is 15.9 Å². The summed E-state index contributed by atoms with van der Waals surface area (Å²) in [5.74, 6) is 0. The third kappa shape index (κ3) is 2.26. The van der Waals surface area contributed by atoms with Gasteiger partial charge < -0.3 is 0 Å². The van der Waals surface area contributed by atoms with Gasteiger partial charge in [0.25, 0.3) is 4.82 Å². The van der Waals surface area contributed by atoms with Crippen molar-refractivity contribution in [1.82, 2.24) is 0 Å². The number of nitrogens with zero attached hydrogens (tertiary/aromatic N) is 1. The predicted molar refractivity (Wildman–Crippen MR) is 92.7 cm³/mol. The Bertz CT molecular complexity index is 622. The quantitative estimate of drug-likeness (QED) is 0.260. The fourth-order valence-corrected chi connectivity index (χ4v) is 4.21. The van der Waals surface area contributed by atoms with Gasteiger partial charge >= 0.3 is 0 Å². The Morgan fingerprint density at radius 1 is 0.850 bits per heavy atom. The molecule has 0 saturated heterocycles. The standard InChI is InChI=1S/C15H10Br3NO/c16-13-9-5-1-3-7-11(9)19(15(18)20)12-8-4-2-6-10(12)14(13)17/h1-8,13-14H. The van der Waals surface area contributed by atoms with Crippen LogP contribution in [0.5, 0.6) is 0 Å². The van der Waals surface area contributed by atoms with Crippen molar-refractivity contribution in [2.45, 2.75) is 9.65 Å². The largest absolute Gasteiger partial charge is 0.298 e. The molecule has 1 aliphatic heterocycles. The third-order valence-electron chi connectivity index (χ3n) is 3.38. The summed E-state index contributed by atoms with van der Waals surface area (Å²) in [5.41, 5.74) is 3.95. The van der Waals surface area contributed by atoms with Crippen molar-refractivity contribution in [2.75, 3.05) is 4.90 Å². The van der Waals surface area contributed by atoms with Crippen LogP contribution in [0.15, 0.2) is 48.5 Å². The van der Waals surface area contributed by atoms with Crippen LogP contribution in [0.3, 0.4) is 0 Å². The molecule has 0 aromatic heterocycles. The van der Waals surface area contributed by atoms with Crippen LogP contribution < -0.4 is 4.90 Å². The van der Waals surface area contributed by atoms with E-state index in [9.17, 15) is 4.79 Å². The van der Waals surface area contributed by atoms with E-state index in [-0.39, 0.29) is 14.5 Å². The molecule has 0 spiro atoms. The second kappa shape index (κ2) is 5.62. The van der Waals surface area contributed by atoms with E-state index in [1.165, 1.54) is 0 Å². The van der Waals surface area contributed by atoms with Crippen molar-refractivity contribution in [3.8, 4) is 0 Å². The van der Waals surface area contributed by atoms with E-state index in [1.807, 2.05) is 48.5 Å². The van der Waals surface area contributed by atoms with Gasteiger partial charge in [-0.1, -0.05) is 68.3 Å². The van der Waals surface area contributed by atoms with Gasteiger partial charge in [-0.05, 0) is 23.3 Å². The SMILES string of the molecule is O=C(Br)N1c2ccccc2C(Br)C(Br)c2ccccc21. The zero-order chi connectivity index (χ0) is 14.3. The second-order valence-corrected chi connectivity index (χ2v) is 7.16. The van der Waals surface area contributed by atoms with Crippen LogP contribution in [-0.4, -0.2) is 4.82 Å². The lowest BCUT2D eigenvalue weighted by Gasteiger charge is -2.22. The summed E-state index contributed by atoms with van der Waals surface area (Å²) in [7, 11) is 0. The number of anilines is 2. The Labute approximate surface area is 142 Å². The Morgan fingerprint density at radius 2 is 1.25 bits per heavy atom. The first-order valence-corrected chi connectivity index (χ1v) is 8.69. The number of amides is 1. The van der Waals surface area contributed by atoms with Crippen LogP contribution in [0.25, 0.3) is 0 Å². The number of para-hydroxylation sites is 2. The Hall–Kier alpha value is -0.650. The molecule has 1 amide bonds. The van der Waals surface area contributed by atoms with Crippen molar-refractivity contribution in [3.05, 3.63) is 59.7 Å². The van der Waals surface area contributed by atoms with Crippen LogP contribution in [0.4, 0.5) is 16.2 Å². The molecule has 0 bridgehead atoms. The van der Waals surface area contributed by atoms with Crippen LogP contribution in [-0.2, 0) is 0 Å². The average molecular weight is 460 g/mol. The summed E-state index contributed by atoms with van der Waals surface area (Å²) < 4.78 is 0. The lowest BCUT2D eigenvalue weighted by atomic mass is 10.0. The molecule has 0 aliphatic carbocycles. The first-order chi connectivity index (χ1) is 9.61. The molecule has 3 rings (SSSR count). The van der Waals surface area contributed by atoms with E-state index >= 15 is 0 Å². The molecule has 0 fully saturated rings. The van der Waals surface area contributed by atoms with Gasteiger partial charge in [-0.15, -0.1) is 0 Å².